The molecule has 5 nitrogen and oxygen atoms in total. The van der Waals surface area contributed by atoms with Gasteiger partial charge in [-0.1, -0.05) is 27.7 Å². The number of likely N-dealkylation sites (tertiary alicyclic amines) is 1. The Morgan fingerprint density at radius 3 is 2.17 bits per heavy atom. The number of nitrogens with one attached hydrogen (secondary N) is 1. The van der Waals surface area contributed by atoms with E-state index in [1.54, 1.807) is 4.90 Å². The van der Waals surface area contributed by atoms with Crippen LogP contribution in [0.25, 0.3) is 0 Å². The Balaban J connectivity index is 2.38. The number of aliphatic hydroxyl groups excluding tert-OH is 1. The van der Waals surface area contributed by atoms with E-state index in [1.807, 2.05) is 34.6 Å². The first-order valence-electron chi connectivity index (χ1n) is 8.82. The Morgan fingerprint density at radius 2 is 1.74 bits per heavy atom. The third-order valence-electron chi connectivity index (χ3n) is 4.43. The molecule has 1 rings (SSSR count). The minimum Gasteiger partial charge on any atom is -0.444 e. The van der Waals surface area contributed by atoms with Crippen LogP contribution >= 0.6 is 0 Å². The molecule has 0 aromatic heterocycles. The lowest BCUT2D eigenvalue weighted by molar-refractivity contribution is 0.00798. The average Bonchev–Trinajstić information content (AvgIpc) is 2.43. The van der Waals surface area contributed by atoms with E-state index in [9.17, 15) is 9.90 Å². The molecule has 0 aliphatic carbocycles. The Morgan fingerprint density at radius 1 is 1.22 bits per heavy atom. The Kier molecular flexibility index (Phi) is 6.90. The number of rotatable bonds is 5. The van der Waals surface area contributed by atoms with Gasteiger partial charge in [0.15, 0.2) is 0 Å². The van der Waals surface area contributed by atoms with E-state index in [1.165, 1.54) is 0 Å². The highest BCUT2D eigenvalue weighted by Crippen LogP contribution is 2.26. The molecule has 1 fully saturated rings. The summed E-state index contributed by atoms with van der Waals surface area (Å²) in [6.45, 7) is 16.2. The van der Waals surface area contributed by atoms with Gasteiger partial charge in [-0.2, -0.15) is 0 Å². The molecular formula is C18H36N2O3. The Labute approximate surface area is 141 Å². The third kappa shape index (κ3) is 6.68. The van der Waals surface area contributed by atoms with Crippen LogP contribution in [0.3, 0.4) is 0 Å². The van der Waals surface area contributed by atoms with Crippen LogP contribution in [0.4, 0.5) is 4.79 Å². The van der Waals surface area contributed by atoms with Crippen LogP contribution in [0.5, 0.6) is 0 Å². The molecule has 136 valence electrons. The molecule has 1 aliphatic heterocycles. The second-order valence-electron chi connectivity index (χ2n) is 8.80. The fraction of sp³-hybridized carbons (Fsp3) is 0.944. The van der Waals surface area contributed by atoms with Gasteiger partial charge in [0, 0.05) is 31.1 Å². The predicted octanol–water partition coefficient (Wildman–Crippen LogP) is 3.02. The monoisotopic (exact) mass is 328 g/mol. The summed E-state index contributed by atoms with van der Waals surface area (Å²) in [5, 5.41) is 13.9. The molecule has 1 unspecified atom stereocenters. The van der Waals surface area contributed by atoms with E-state index in [2.05, 4.69) is 19.2 Å². The summed E-state index contributed by atoms with van der Waals surface area (Å²) in [5.74, 6) is 0.251. The number of ether oxygens (including phenoxy) is 1. The summed E-state index contributed by atoms with van der Waals surface area (Å²) >= 11 is 0. The van der Waals surface area contributed by atoms with Gasteiger partial charge in [0.05, 0.1) is 6.10 Å². The van der Waals surface area contributed by atoms with E-state index in [0.717, 1.165) is 32.5 Å². The van der Waals surface area contributed by atoms with Crippen LogP contribution in [0.1, 0.15) is 61.3 Å². The van der Waals surface area contributed by atoms with Crippen LogP contribution in [-0.4, -0.2) is 53.5 Å². The van der Waals surface area contributed by atoms with Gasteiger partial charge in [-0.3, -0.25) is 0 Å². The number of hydrogen-bond acceptors (Lipinski definition) is 4. The van der Waals surface area contributed by atoms with Crippen molar-refractivity contribution in [2.24, 2.45) is 11.3 Å². The summed E-state index contributed by atoms with van der Waals surface area (Å²) in [5.41, 5.74) is -0.598. The fourth-order valence-electron chi connectivity index (χ4n) is 3.01. The maximum absolute atomic E-state index is 12.1. The molecule has 0 aromatic carbocycles. The first-order chi connectivity index (χ1) is 10.4. The normalized spacial score (nSPS) is 19.1. The van der Waals surface area contributed by atoms with Crippen LogP contribution in [0.2, 0.25) is 0 Å². The van der Waals surface area contributed by atoms with Crippen molar-refractivity contribution in [2.75, 3.05) is 19.6 Å². The minimum absolute atomic E-state index is 0.156. The van der Waals surface area contributed by atoms with E-state index in [4.69, 9.17) is 4.74 Å². The quantitative estimate of drug-likeness (QED) is 0.814. The van der Waals surface area contributed by atoms with E-state index in [0.29, 0.717) is 6.04 Å². The number of hydrogen-bond donors (Lipinski definition) is 2. The summed E-state index contributed by atoms with van der Waals surface area (Å²) in [7, 11) is 0. The topological polar surface area (TPSA) is 61.8 Å². The lowest BCUT2D eigenvalue weighted by Crippen LogP contribution is -2.50. The zero-order valence-electron chi connectivity index (χ0n) is 16.0. The van der Waals surface area contributed by atoms with Gasteiger partial charge in [-0.15, -0.1) is 0 Å². The van der Waals surface area contributed by atoms with Crippen LogP contribution < -0.4 is 5.32 Å². The predicted molar refractivity (Wildman–Crippen MR) is 93.5 cm³/mol. The molecule has 1 amide bonds. The van der Waals surface area contributed by atoms with Crippen molar-refractivity contribution in [1.29, 1.82) is 0 Å². The highest BCUT2D eigenvalue weighted by molar-refractivity contribution is 5.68. The molecule has 0 aromatic rings. The van der Waals surface area contributed by atoms with Gasteiger partial charge in [-0.25, -0.2) is 4.79 Å². The fourth-order valence-corrected chi connectivity index (χ4v) is 3.01. The zero-order chi connectivity index (χ0) is 17.8. The Bertz CT molecular complexity index is 380. The smallest absolute Gasteiger partial charge is 0.410 e. The minimum atomic E-state index is -0.441. The number of amides is 1. The van der Waals surface area contributed by atoms with E-state index >= 15 is 0 Å². The molecule has 0 bridgehead atoms. The highest BCUT2D eigenvalue weighted by atomic mass is 16.6. The van der Waals surface area contributed by atoms with Gasteiger partial charge in [0.25, 0.3) is 0 Å². The van der Waals surface area contributed by atoms with E-state index in [-0.39, 0.29) is 23.5 Å². The van der Waals surface area contributed by atoms with Gasteiger partial charge in [0.1, 0.15) is 5.60 Å². The van der Waals surface area contributed by atoms with Gasteiger partial charge in [-0.05, 0) is 39.5 Å². The van der Waals surface area contributed by atoms with Crippen molar-refractivity contribution in [2.45, 2.75) is 79.1 Å². The largest absolute Gasteiger partial charge is 0.444 e. The summed E-state index contributed by atoms with van der Waals surface area (Å²) in [6.07, 6.45) is 1.31. The van der Waals surface area contributed by atoms with Crippen LogP contribution in [-0.2, 0) is 4.74 Å². The molecule has 0 radical (unpaired) electrons. The van der Waals surface area contributed by atoms with Gasteiger partial charge in [0.2, 0.25) is 0 Å². The number of carbonyl (C=O) groups excluding carboxylic acids is 1. The van der Waals surface area contributed by atoms with E-state index < -0.39 is 5.60 Å². The van der Waals surface area contributed by atoms with Gasteiger partial charge < -0.3 is 20.1 Å². The molecule has 2 N–H and O–H groups in total. The standard InChI is InChI=1S/C18H36N2O3/c1-13(2)15(21)18(6,7)12-19-14-8-10-20(11-9-14)16(22)23-17(3,4)5/h13-15,19,21H,8-12H2,1-7H3. The maximum atomic E-state index is 12.1. The number of aliphatic hydroxyl groups is 1. The molecule has 1 atom stereocenters. The van der Waals surface area contributed by atoms with Crippen molar-refractivity contribution >= 4 is 6.09 Å². The van der Waals surface area contributed by atoms with Crippen molar-refractivity contribution in [3.63, 3.8) is 0 Å². The van der Waals surface area contributed by atoms with Crippen molar-refractivity contribution in [3.05, 3.63) is 0 Å². The summed E-state index contributed by atoms with van der Waals surface area (Å²) in [6, 6.07) is 0.396. The first-order valence-corrected chi connectivity index (χ1v) is 8.82. The Hall–Kier alpha value is -0.810. The molecule has 5 heteroatoms. The second-order valence-corrected chi connectivity index (χ2v) is 8.80. The lowest BCUT2D eigenvalue weighted by Gasteiger charge is -2.37. The van der Waals surface area contributed by atoms with Gasteiger partial charge >= 0.3 is 6.09 Å². The molecule has 0 saturated carbocycles. The summed E-state index contributed by atoms with van der Waals surface area (Å²) in [4.78, 5) is 13.8. The van der Waals surface area contributed by atoms with Crippen LogP contribution in [0.15, 0.2) is 0 Å². The van der Waals surface area contributed by atoms with Crippen molar-refractivity contribution < 1.29 is 14.6 Å². The number of carbonyl (C=O) groups is 1. The maximum Gasteiger partial charge on any atom is 0.410 e. The molecule has 1 aliphatic rings. The third-order valence-corrected chi connectivity index (χ3v) is 4.43. The zero-order valence-corrected chi connectivity index (χ0v) is 16.0. The first kappa shape index (κ1) is 20.2. The summed E-state index contributed by atoms with van der Waals surface area (Å²) < 4.78 is 5.42. The molecule has 1 heterocycles. The lowest BCUT2D eigenvalue weighted by atomic mass is 9.80. The molecule has 1 saturated heterocycles. The molecule has 0 spiro atoms. The number of piperidine rings is 1. The SMILES string of the molecule is CC(C)C(O)C(C)(C)CNC1CCN(C(=O)OC(C)(C)C)CC1. The van der Waals surface area contributed by atoms with Crippen LogP contribution in [0, 0.1) is 11.3 Å². The van der Waals surface area contributed by atoms with Crippen molar-refractivity contribution in [3.8, 4) is 0 Å². The average molecular weight is 328 g/mol. The highest BCUT2D eigenvalue weighted by Gasteiger charge is 2.32. The molecular weight excluding hydrogens is 292 g/mol. The van der Waals surface area contributed by atoms with Crippen molar-refractivity contribution in [1.82, 2.24) is 10.2 Å². The number of nitrogens with zero attached hydrogens (tertiary/aromatic N) is 1. The molecule has 23 heavy (non-hydrogen) atoms. The second kappa shape index (κ2) is 7.84.